The van der Waals surface area contributed by atoms with Crippen LogP contribution < -0.4 is 15.4 Å². The molecule has 0 bridgehead atoms. The normalized spacial score (nSPS) is 16.6. The SMILES string of the molecule is O=C(Oc1ccc2c(Nc3cnnc(-c4cc(Cl)ccc4F)c3)ccnc2c1)N1CCC2(CCNCC2)C1. The van der Waals surface area contributed by atoms with Crippen LogP contribution >= 0.6 is 11.6 Å². The molecule has 4 aromatic rings. The van der Waals surface area contributed by atoms with Crippen LogP contribution in [0.15, 0.2) is 60.9 Å². The second-order valence-electron chi connectivity index (χ2n) is 9.91. The van der Waals surface area contributed by atoms with E-state index in [0.29, 0.717) is 27.7 Å². The van der Waals surface area contributed by atoms with Gasteiger partial charge in [0.2, 0.25) is 0 Å². The summed E-state index contributed by atoms with van der Waals surface area (Å²) in [6.07, 6.45) is 6.11. The number of benzene rings is 2. The van der Waals surface area contributed by atoms with Gasteiger partial charge in [-0.3, -0.25) is 4.98 Å². The third kappa shape index (κ3) is 4.99. The van der Waals surface area contributed by atoms with E-state index in [0.717, 1.165) is 56.5 Å². The minimum atomic E-state index is -0.433. The van der Waals surface area contributed by atoms with Crippen LogP contribution in [-0.4, -0.2) is 52.4 Å². The van der Waals surface area contributed by atoms with Crippen LogP contribution in [0.1, 0.15) is 19.3 Å². The first-order chi connectivity index (χ1) is 18.5. The first-order valence-corrected chi connectivity index (χ1v) is 13.0. The third-order valence-electron chi connectivity index (χ3n) is 7.42. The van der Waals surface area contributed by atoms with Gasteiger partial charge in [-0.15, -0.1) is 0 Å². The number of pyridine rings is 1. The Morgan fingerprint density at radius 2 is 1.97 bits per heavy atom. The lowest BCUT2D eigenvalue weighted by molar-refractivity contribution is 0.148. The molecule has 2 saturated heterocycles. The molecule has 8 nitrogen and oxygen atoms in total. The first kappa shape index (κ1) is 24.5. The number of hydrogen-bond acceptors (Lipinski definition) is 7. The van der Waals surface area contributed by atoms with E-state index in [-0.39, 0.29) is 17.1 Å². The molecule has 2 aliphatic heterocycles. The smallest absolute Gasteiger partial charge is 0.410 e. The topological polar surface area (TPSA) is 92.3 Å². The number of hydrogen-bond donors (Lipinski definition) is 2. The van der Waals surface area contributed by atoms with Gasteiger partial charge in [0.15, 0.2) is 0 Å². The van der Waals surface area contributed by atoms with Crippen LogP contribution in [0.3, 0.4) is 0 Å². The fraction of sp³-hybridized carbons (Fsp3) is 0.286. The highest BCUT2D eigenvalue weighted by atomic mass is 35.5. The fourth-order valence-electron chi connectivity index (χ4n) is 5.34. The number of nitrogens with one attached hydrogen (secondary N) is 2. The Balaban J connectivity index is 1.19. The van der Waals surface area contributed by atoms with Gasteiger partial charge in [0.05, 0.1) is 23.1 Å². The molecule has 0 atom stereocenters. The van der Waals surface area contributed by atoms with Crippen molar-refractivity contribution < 1.29 is 13.9 Å². The molecule has 2 fully saturated rings. The van der Waals surface area contributed by atoms with Gasteiger partial charge >= 0.3 is 6.09 Å². The Bertz CT molecular complexity index is 1510. The molecule has 194 valence electrons. The van der Waals surface area contributed by atoms with E-state index in [4.69, 9.17) is 16.3 Å². The molecule has 0 aliphatic carbocycles. The summed E-state index contributed by atoms with van der Waals surface area (Å²) in [4.78, 5) is 19.2. The van der Waals surface area contributed by atoms with Crippen molar-refractivity contribution in [1.82, 2.24) is 25.4 Å². The zero-order valence-corrected chi connectivity index (χ0v) is 21.3. The predicted molar refractivity (Wildman–Crippen MR) is 144 cm³/mol. The van der Waals surface area contributed by atoms with Crippen molar-refractivity contribution in [1.29, 1.82) is 0 Å². The van der Waals surface area contributed by atoms with E-state index in [1.807, 2.05) is 17.0 Å². The zero-order valence-electron chi connectivity index (χ0n) is 20.6. The molecular weight excluding hydrogens is 507 g/mol. The number of rotatable bonds is 4. The molecule has 2 N–H and O–H groups in total. The zero-order chi connectivity index (χ0) is 26.1. The molecule has 38 heavy (non-hydrogen) atoms. The molecule has 0 saturated carbocycles. The number of fused-ring (bicyclic) bond motifs is 1. The van der Waals surface area contributed by atoms with Crippen molar-refractivity contribution in [2.75, 3.05) is 31.5 Å². The summed E-state index contributed by atoms with van der Waals surface area (Å²) >= 11 is 6.04. The molecule has 0 unspecified atom stereocenters. The molecule has 2 aliphatic rings. The van der Waals surface area contributed by atoms with E-state index in [2.05, 4.69) is 25.8 Å². The molecule has 1 amide bonds. The summed E-state index contributed by atoms with van der Waals surface area (Å²) in [5, 5.41) is 16.0. The number of piperidine rings is 1. The van der Waals surface area contributed by atoms with Gasteiger partial charge in [-0.1, -0.05) is 11.6 Å². The van der Waals surface area contributed by atoms with Crippen LogP contribution in [-0.2, 0) is 0 Å². The van der Waals surface area contributed by atoms with E-state index in [1.165, 1.54) is 18.2 Å². The van der Waals surface area contributed by atoms with Crippen LogP contribution in [0.2, 0.25) is 5.02 Å². The number of carbonyl (C=O) groups is 1. The van der Waals surface area contributed by atoms with E-state index in [1.54, 1.807) is 30.6 Å². The minimum Gasteiger partial charge on any atom is -0.410 e. The molecular formula is C28H26ClFN6O2. The monoisotopic (exact) mass is 532 g/mol. The molecule has 6 rings (SSSR count). The second-order valence-corrected chi connectivity index (χ2v) is 10.3. The van der Waals surface area contributed by atoms with Gasteiger partial charge in [0.25, 0.3) is 0 Å². The number of halogens is 2. The highest BCUT2D eigenvalue weighted by molar-refractivity contribution is 6.30. The third-order valence-corrected chi connectivity index (χ3v) is 7.65. The maximum atomic E-state index is 14.3. The number of anilines is 2. The average Bonchev–Trinajstić information content (AvgIpc) is 3.34. The van der Waals surface area contributed by atoms with Crippen molar-refractivity contribution >= 4 is 40.0 Å². The van der Waals surface area contributed by atoms with Crippen molar-refractivity contribution in [3.8, 4) is 17.0 Å². The van der Waals surface area contributed by atoms with Gasteiger partial charge in [0, 0.05) is 47.0 Å². The number of nitrogens with zero attached hydrogens (tertiary/aromatic N) is 4. The van der Waals surface area contributed by atoms with Crippen LogP contribution in [0.5, 0.6) is 5.75 Å². The summed E-state index contributed by atoms with van der Waals surface area (Å²) in [5.74, 6) is 0.0137. The van der Waals surface area contributed by atoms with Gasteiger partial charge < -0.3 is 20.3 Å². The number of ether oxygens (including phenoxy) is 1. The maximum Gasteiger partial charge on any atom is 0.415 e. The van der Waals surface area contributed by atoms with Crippen molar-refractivity contribution in [2.45, 2.75) is 19.3 Å². The van der Waals surface area contributed by atoms with E-state index >= 15 is 0 Å². The van der Waals surface area contributed by atoms with Crippen molar-refractivity contribution in [3.63, 3.8) is 0 Å². The summed E-state index contributed by atoms with van der Waals surface area (Å²) in [6, 6.07) is 13.2. The van der Waals surface area contributed by atoms with Gasteiger partial charge in [0.1, 0.15) is 11.6 Å². The van der Waals surface area contributed by atoms with Gasteiger partial charge in [-0.25, -0.2) is 9.18 Å². The molecule has 2 aromatic heterocycles. The highest BCUT2D eigenvalue weighted by Gasteiger charge is 2.41. The highest BCUT2D eigenvalue weighted by Crippen LogP contribution is 2.39. The number of carbonyl (C=O) groups excluding carboxylic acids is 1. The van der Waals surface area contributed by atoms with Crippen molar-refractivity contribution in [3.05, 3.63) is 71.8 Å². The Morgan fingerprint density at radius 3 is 2.84 bits per heavy atom. The largest absolute Gasteiger partial charge is 0.415 e. The predicted octanol–water partition coefficient (Wildman–Crippen LogP) is 5.80. The second kappa shape index (κ2) is 10.2. The Kier molecular flexibility index (Phi) is 6.55. The first-order valence-electron chi connectivity index (χ1n) is 12.6. The summed E-state index contributed by atoms with van der Waals surface area (Å²) in [6.45, 7) is 3.47. The summed E-state index contributed by atoms with van der Waals surface area (Å²) in [5.41, 5.74) is 2.90. The minimum absolute atomic E-state index is 0.218. The lowest BCUT2D eigenvalue weighted by atomic mass is 9.78. The van der Waals surface area contributed by atoms with Crippen molar-refractivity contribution in [2.24, 2.45) is 5.41 Å². The summed E-state index contributed by atoms with van der Waals surface area (Å²) < 4.78 is 20.1. The van der Waals surface area contributed by atoms with Crippen LogP contribution in [0, 0.1) is 11.2 Å². The van der Waals surface area contributed by atoms with Gasteiger partial charge in [-0.05, 0) is 80.2 Å². The molecule has 1 spiro atoms. The molecule has 0 radical (unpaired) electrons. The maximum absolute atomic E-state index is 14.3. The van der Waals surface area contributed by atoms with E-state index < -0.39 is 5.82 Å². The molecule has 2 aromatic carbocycles. The van der Waals surface area contributed by atoms with Crippen LogP contribution in [0.4, 0.5) is 20.6 Å². The number of likely N-dealkylation sites (tertiary alicyclic amines) is 1. The average molecular weight is 533 g/mol. The Morgan fingerprint density at radius 1 is 1.11 bits per heavy atom. The number of amides is 1. The number of aromatic nitrogens is 3. The quantitative estimate of drug-likeness (QED) is 0.343. The molecule has 10 heteroatoms. The Hall–Kier alpha value is -3.82. The lowest BCUT2D eigenvalue weighted by Gasteiger charge is -2.33. The van der Waals surface area contributed by atoms with Gasteiger partial charge in [-0.2, -0.15) is 10.2 Å². The standard InChI is InChI=1S/C28H26ClFN6O2/c29-18-1-4-23(30)22(13-18)26-14-19(16-33-35-26)34-24-5-9-32-25-15-20(2-3-21(24)25)38-27(37)36-12-8-28(17-36)6-10-31-11-7-28/h1-5,9,13-16,31H,6-8,10-12,17H2,(H,32,34,35). The van der Waals surface area contributed by atoms with Crippen LogP contribution in [0.25, 0.3) is 22.2 Å². The Labute approximate surface area is 224 Å². The van der Waals surface area contributed by atoms with E-state index in [9.17, 15) is 9.18 Å². The molecule has 4 heterocycles. The lowest BCUT2D eigenvalue weighted by Crippen LogP contribution is -2.40. The summed E-state index contributed by atoms with van der Waals surface area (Å²) in [7, 11) is 0. The fourth-order valence-corrected chi connectivity index (χ4v) is 5.51.